The molecule has 0 aliphatic heterocycles. The van der Waals surface area contributed by atoms with Gasteiger partial charge in [-0.3, -0.25) is 4.98 Å². The summed E-state index contributed by atoms with van der Waals surface area (Å²) in [7, 11) is 1.70. The molecule has 1 aromatic rings. The van der Waals surface area contributed by atoms with E-state index in [0.29, 0.717) is 18.9 Å². The zero-order valence-electron chi connectivity index (χ0n) is 11.7. The van der Waals surface area contributed by atoms with Gasteiger partial charge in [0.2, 0.25) is 0 Å². The van der Waals surface area contributed by atoms with Crippen LogP contribution in [0, 0.1) is 11.8 Å². The summed E-state index contributed by atoms with van der Waals surface area (Å²) >= 11 is 5.57. The first kappa shape index (κ1) is 15.8. The molecule has 0 N–H and O–H groups in total. The summed E-state index contributed by atoms with van der Waals surface area (Å²) in [5.74, 6) is 7.24. The summed E-state index contributed by atoms with van der Waals surface area (Å²) in [6.45, 7) is 4.65. The predicted octanol–water partition coefficient (Wildman–Crippen LogP) is 3.26. The van der Waals surface area contributed by atoms with E-state index in [0.717, 1.165) is 17.7 Å². The largest absolute Gasteiger partial charge is 0.492 e. The first-order chi connectivity index (χ1) is 9.07. The van der Waals surface area contributed by atoms with Gasteiger partial charge in [0.15, 0.2) is 0 Å². The van der Waals surface area contributed by atoms with Gasteiger partial charge in [0.25, 0.3) is 0 Å². The molecule has 1 heterocycles. The van der Waals surface area contributed by atoms with E-state index in [9.17, 15) is 0 Å². The molecule has 0 bridgehead atoms. The third kappa shape index (κ3) is 6.47. The first-order valence-corrected chi connectivity index (χ1v) is 6.79. The normalized spacial score (nSPS) is 10.7. The van der Waals surface area contributed by atoms with Crippen molar-refractivity contribution in [3.8, 4) is 17.6 Å². The summed E-state index contributed by atoms with van der Waals surface area (Å²) in [6.07, 6.45) is 4.89. The van der Waals surface area contributed by atoms with Crippen molar-refractivity contribution in [3.05, 3.63) is 24.0 Å². The Hall–Kier alpha value is -1.24. The lowest BCUT2D eigenvalue weighted by molar-refractivity contribution is 0.00543. The van der Waals surface area contributed by atoms with E-state index in [2.05, 4.69) is 16.8 Å². The maximum Gasteiger partial charge on any atom is 0.138 e. The number of hydrogen-bond donors (Lipinski definition) is 0. The number of pyridine rings is 1. The van der Waals surface area contributed by atoms with E-state index in [1.807, 2.05) is 19.9 Å². The van der Waals surface area contributed by atoms with Gasteiger partial charge in [0, 0.05) is 37.6 Å². The number of halogens is 1. The van der Waals surface area contributed by atoms with Crippen LogP contribution in [0.3, 0.4) is 0 Å². The Morgan fingerprint density at radius 1 is 1.37 bits per heavy atom. The number of aromatic nitrogens is 1. The standard InChI is InChI=1S/C15H20ClNO2/c1-15(2,18-3)7-9-19-14-10-13(11-17-12-14)6-4-5-8-16/h10-12H,5,7-9H2,1-3H3. The Balaban J connectivity index is 2.51. The minimum absolute atomic E-state index is 0.175. The van der Waals surface area contributed by atoms with Crippen molar-refractivity contribution in [1.29, 1.82) is 0 Å². The monoisotopic (exact) mass is 281 g/mol. The van der Waals surface area contributed by atoms with E-state index in [-0.39, 0.29) is 5.60 Å². The molecule has 0 unspecified atom stereocenters. The zero-order chi connectivity index (χ0) is 14.1. The molecule has 1 aromatic heterocycles. The SMILES string of the molecule is COC(C)(C)CCOc1cncc(C#CCCCl)c1. The molecule has 0 aliphatic rings. The van der Waals surface area contributed by atoms with Crippen molar-refractivity contribution < 1.29 is 9.47 Å². The second-order valence-electron chi connectivity index (χ2n) is 4.71. The number of rotatable bonds is 6. The number of nitrogens with zero attached hydrogens (tertiary/aromatic N) is 1. The molecule has 0 saturated heterocycles. The molecule has 3 nitrogen and oxygen atoms in total. The highest BCUT2D eigenvalue weighted by atomic mass is 35.5. The molecular weight excluding hydrogens is 262 g/mol. The predicted molar refractivity (Wildman–Crippen MR) is 77.7 cm³/mol. The minimum Gasteiger partial charge on any atom is -0.492 e. The fourth-order valence-corrected chi connectivity index (χ4v) is 1.39. The van der Waals surface area contributed by atoms with Gasteiger partial charge < -0.3 is 9.47 Å². The Labute approximate surface area is 120 Å². The third-order valence-corrected chi connectivity index (χ3v) is 2.88. The van der Waals surface area contributed by atoms with Gasteiger partial charge in [-0.1, -0.05) is 11.8 Å². The van der Waals surface area contributed by atoms with Crippen molar-refractivity contribution in [2.24, 2.45) is 0 Å². The smallest absolute Gasteiger partial charge is 0.138 e. The summed E-state index contributed by atoms with van der Waals surface area (Å²) < 4.78 is 11.0. The highest BCUT2D eigenvalue weighted by molar-refractivity contribution is 6.18. The summed E-state index contributed by atoms with van der Waals surface area (Å²) in [6, 6.07) is 1.88. The molecule has 0 saturated carbocycles. The fourth-order valence-electron chi connectivity index (χ4n) is 1.29. The second-order valence-corrected chi connectivity index (χ2v) is 5.09. The van der Waals surface area contributed by atoms with E-state index in [4.69, 9.17) is 21.1 Å². The van der Waals surface area contributed by atoms with Crippen LogP contribution < -0.4 is 4.74 Å². The lowest BCUT2D eigenvalue weighted by atomic mass is 10.1. The number of methoxy groups -OCH3 is 1. The number of alkyl halides is 1. The molecule has 19 heavy (non-hydrogen) atoms. The Morgan fingerprint density at radius 2 is 2.16 bits per heavy atom. The van der Waals surface area contributed by atoms with Crippen molar-refractivity contribution >= 4 is 11.6 Å². The van der Waals surface area contributed by atoms with Crippen LogP contribution >= 0.6 is 11.6 Å². The highest BCUT2D eigenvalue weighted by Gasteiger charge is 2.15. The van der Waals surface area contributed by atoms with Gasteiger partial charge in [-0.25, -0.2) is 0 Å². The maximum atomic E-state index is 5.65. The molecule has 0 radical (unpaired) electrons. The summed E-state index contributed by atoms with van der Waals surface area (Å²) in [4.78, 5) is 4.11. The minimum atomic E-state index is -0.175. The summed E-state index contributed by atoms with van der Waals surface area (Å²) in [5.41, 5.74) is 0.666. The second kappa shape index (κ2) is 8.04. The molecule has 1 rings (SSSR count). The van der Waals surface area contributed by atoms with Crippen LogP contribution in [-0.2, 0) is 4.74 Å². The van der Waals surface area contributed by atoms with E-state index >= 15 is 0 Å². The van der Waals surface area contributed by atoms with Gasteiger partial charge in [-0.05, 0) is 19.9 Å². The number of ether oxygens (including phenoxy) is 2. The van der Waals surface area contributed by atoms with Crippen LogP contribution in [0.4, 0.5) is 0 Å². The maximum absolute atomic E-state index is 5.65. The van der Waals surface area contributed by atoms with Gasteiger partial charge >= 0.3 is 0 Å². The van der Waals surface area contributed by atoms with Crippen LogP contribution in [-0.4, -0.2) is 30.2 Å². The van der Waals surface area contributed by atoms with E-state index in [1.54, 1.807) is 19.5 Å². The first-order valence-electron chi connectivity index (χ1n) is 6.25. The molecule has 0 atom stereocenters. The Kier molecular flexibility index (Phi) is 6.69. The van der Waals surface area contributed by atoms with E-state index < -0.39 is 0 Å². The van der Waals surface area contributed by atoms with Gasteiger partial charge in [0.1, 0.15) is 5.75 Å². The van der Waals surface area contributed by atoms with Crippen molar-refractivity contribution in [1.82, 2.24) is 4.98 Å². The van der Waals surface area contributed by atoms with Crippen LogP contribution in [0.2, 0.25) is 0 Å². The molecule has 0 aromatic carbocycles. The van der Waals surface area contributed by atoms with E-state index in [1.165, 1.54) is 0 Å². The topological polar surface area (TPSA) is 31.4 Å². The Morgan fingerprint density at radius 3 is 2.84 bits per heavy atom. The lowest BCUT2D eigenvalue weighted by Gasteiger charge is -2.22. The Bertz CT molecular complexity index is 449. The molecule has 104 valence electrons. The molecule has 0 amide bonds. The molecular formula is C15H20ClNO2. The van der Waals surface area contributed by atoms with Crippen molar-refractivity contribution in [2.75, 3.05) is 19.6 Å². The van der Waals surface area contributed by atoms with Gasteiger partial charge in [-0.15, -0.1) is 11.6 Å². The molecule has 0 spiro atoms. The average molecular weight is 282 g/mol. The highest BCUT2D eigenvalue weighted by Crippen LogP contribution is 2.15. The average Bonchev–Trinajstić information content (AvgIpc) is 2.39. The van der Waals surface area contributed by atoms with Crippen LogP contribution in [0.1, 0.15) is 32.3 Å². The van der Waals surface area contributed by atoms with Gasteiger partial charge in [-0.2, -0.15) is 0 Å². The molecule has 0 aliphatic carbocycles. The fraction of sp³-hybridized carbons (Fsp3) is 0.533. The van der Waals surface area contributed by atoms with Crippen LogP contribution in [0.15, 0.2) is 18.5 Å². The third-order valence-electron chi connectivity index (χ3n) is 2.69. The number of hydrogen-bond acceptors (Lipinski definition) is 3. The summed E-state index contributed by atoms with van der Waals surface area (Å²) in [5, 5.41) is 0. The van der Waals surface area contributed by atoms with Crippen LogP contribution in [0.5, 0.6) is 5.75 Å². The zero-order valence-corrected chi connectivity index (χ0v) is 12.5. The van der Waals surface area contributed by atoms with Crippen molar-refractivity contribution in [2.45, 2.75) is 32.3 Å². The molecule has 4 heteroatoms. The van der Waals surface area contributed by atoms with Crippen molar-refractivity contribution in [3.63, 3.8) is 0 Å². The lowest BCUT2D eigenvalue weighted by Crippen LogP contribution is -2.25. The van der Waals surface area contributed by atoms with Gasteiger partial charge in [0.05, 0.1) is 18.4 Å². The van der Waals surface area contributed by atoms with Crippen LogP contribution in [0.25, 0.3) is 0 Å². The molecule has 0 fully saturated rings. The quantitative estimate of drug-likeness (QED) is 0.592.